The second-order valence-corrected chi connectivity index (χ2v) is 7.78. The van der Waals surface area contributed by atoms with Gasteiger partial charge in [0, 0.05) is 22.5 Å². The highest BCUT2D eigenvalue weighted by atomic mass is 31.2. The number of hydrogen-bond donors (Lipinski definition) is 3. The lowest BCUT2D eigenvalue weighted by molar-refractivity contribution is 0.386. The Morgan fingerprint density at radius 1 is 0.889 bits per heavy atom. The van der Waals surface area contributed by atoms with Gasteiger partial charge in [0.05, 0.1) is 11.2 Å². The van der Waals surface area contributed by atoms with Crippen molar-refractivity contribution in [2.24, 2.45) is 0 Å². The van der Waals surface area contributed by atoms with Crippen LogP contribution < -0.4 is 5.73 Å². The van der Waals surface area contributed by atoms with Gasteiger partial charge in [0.1, 0.15) is 0 Å². The zero-order chi connectivity index (χ0) is 19.0. The molecule has 3 aromatic carbocycles. The summed E-state index contributed by atoms with van der Waals surface area (Å²) in [5.41, 5.74) is 9.84. The molecule has 0 fully saturated rings. The fraction of sp³-hybridized carbons (Fsp3) is 0. The van der Waals surface area contributed by atoms with E-state index in [9.17, 15) is 4.57 Å². The number of aromatic nitrogens is 1. The molecule has 1 aromatic heterocycles. The van der Waals surface area contributed by atoms with Crippen molar-refractivity contribution in [1.29, 1.82) is 0 Å². The van der Waals surface area contributed by atoms with Crippen LogP contribution in [0.25, 0.3) is 38.9 Å². The van der Waals surface area contributed by atoms with Gasteiger partial charge in [0.2, 0.25) is 0 Å². The Kier molecular flexibility index (Phi) is 4.28. The maximum absolute atomic E-state index is 11.1. The van der Waals surface area contributed by atoms with Crippen molar-refractivity contribution in [2.75, 3.05) is 5.73 Å². The number of hydrogen-bond acceptors (Lipinski definition) is 3. The van der Waals surface area contributed by atoms with E-state index < -0.39 is 7.60 Å². The van der Waals surface area contributed by atoms with Gasteiger partial charge in [-0.2, -0.15) is 0 Å². The highest BCUT2D eigenvalue weighted by Crippen LogP contribution is 2.38. The Bertz CT molecular complexity index is 1240. The van der Waals surface area contributed by atoms with Gasteiger partial charge in [-0.05, 0) is 40.6 Å². The first kappa shape index (κ1) is 17.4. The molecule has 0 radical (unpaired) electrons. The van der Waals surface area contributed by atoms with E-state index in [4.69, 9.17) is 15.5 Å². The highest BCUT2D eigenvalue weighted by molar-refractivity contribution is 7.55. The molecule has 6 heteroatoms. The number of pyridine rings is 1. The van der Waals surface area contributed by atoms with Crippen LogP contribution in [0.4, 0.5) is 5.69 Å². The Hall–Kier alpha value is -2.98. The molecule has 0 aliphatic rings. The fourth-order valence-electron chi connectivity index (χ4n) is 3.21. The van der Waals surface area contributed by atoms with Crippen molar-refractivity contribution in [1.82, 2.24) is 4.98 Å². The largest absolute Gasteiger partial charge is 0.399 e. The number of anilines is 1. The third-order valence-corrected chi connectivity index (χ3v) is 4.89. The van der Waals surface area contributed by atoms with Gasteiger partial charge in [0.25, 0.3) is 0 Å². The van der Waals surface area contributed by atoms with E-state index in [2.05, 4.69) is 23.2 Å². The molecule has 1 heterocycles. The van der Waals surface area contributed by atoms with E-state index in [1.807, 2.05) is 42.5 Å². The van der Waals surface area contributed by atoms with Gasteiger partial charge in [-0.1, -0.05) is 48.5 Å². The quantitative estimate of drug-likeness (QED) is 0.353. The summed E-state index contributed by atoms with van der Waals surface area (Å²) in [6.07, 6.45) is 1.34. The topological polar surface area (TPSA) is 96.4 Å². The number of nitrogens with zero attached hydrogens (tertiary/aromatic N) is 1. The maximum Gasteiger partial charge on any atom is 0.349 e. The lowest BCUT2D eigenvalue weighted by Gasteiger charge is -2.11. The summed E-state index contributed by atoms with van der Waals surface area (Å²) in [5, 5.41) is 3.07. The highest BCUT2D eigenvalue weighted by Gasteiger charge is 2.11. The van der Waals surface area contributed by atoms with Gasteiger partial charge in [-0.15, -0.1) is 0 Å². The monoisotopic (exact) mass is 376 g/mol. The average Bonchev–Trinajstić information content (AvgIpc) is 2.65. The number of nitrogens with two attached hydrogens (primary N) is 1. The normalized spacial score (nSPS) is 12.2. The molecule has 0 saturated heterocycles. The number of nitrogen functional groups attached to an aromatic ring is 1. The van der Waals surface area contributed by atoms with E-state index in [0.717, 1.165) is 38.6 Å². The molecule has 0 saturated carbocycles. The van der Waals surface area contributed by atoms with Crippen LogP contribution in [0.5, 0.6) is 0 Å². The molecule has 0 amide bonds. The van der Waals surface area contributed by atoms with Gasteiger partial charge >= 0.3 is 7.60 Å². The van der Waals surface area contributed by atoms with Gasteiger partial charge < -0.3 is 15.5 Å². The van der Waals surface area contributed by atoms with Gasteiger partial charge in [0.15, 0.2) is 0 Å². The minimum Gasteiger partial charge on any atom is -0.399 e. The number of rotatable bonds is 3. The molecule has 134 valence electrons. The average molecular weight is 376 g/mol. The lowest BCUT2D eigenvalue weighted by Crippen LogP contribution is -1.93. The molecule has 27 heavy (non-hydrogen) atoms. The van der Waals surface area contributed by atoms with Crippen molar-refractivity contribution in [3.8, 4) is 11.1 Å². The van der Waals surface area contributed by atoms with Crippen molar-refractivity contribution < 1.29 is 14.4 Å². The van der Waals surface area contributed by atoms with E-state index in [0.29, 0.717) is 11.4 Å². The summed E-state index contributed by atoms with van der Waals surface area (Å²) in [4.78, 5) is 22.7. The van der Waals surface area contributed by atoms with Crippen molar-refractivity contribution in [3.63, 3.8) is 0 Å². The van der Waals surface area contributed by atoms with E-state index >= 15 is 0 Å². The minimum absolute atomic E-state index is 0.470. The lowest BCUT2D eigenvalue weighted by atomic mass is 9.95. The third-order valence-electron chi connectivity index (χ3n) is 4.36. The summed E-state index contributed by atoms with van der Waals surface area (Å²) in [6.45, 7) is 0. The van der Waals surface area contributed by atoms with E-state index in [1.165, 1.54) is 6.08 Å². The zero-order valence-corrected chi connectivity index (χ0v) is 15.2. The first-order valence-corrected chi connectivity index (χ1v) is 10.0. The molecular weight excluding hydrogens is 359 g/mol. The second-order valence-electron chi connectivity index (χ2n) is 6.31. The number of fused-ring (bicyclic) bond motifs is 2. The minimum atomic E-state index is -4.24. The third kappa shape index (κ3) is 3.62. The van der Waals surface area contributed by atoms with Crippen LogP contribution in [0.1, 0.15) is 5.69 Å². The molecule has 0 aliphatic carbocycles. The molecular formula is C21H17N2O3P. The van der Waals surface area contributed by atoms with Gasteiger partial charge in [-0.25, -0.2) is 4.98 Å². The van der Waals surface area contributed by atoms with Crippen molar-refractivity contribution in [3.05, 3.63) is 78.2 Å². The SMILES string of the molecule is Nc1cc(-c2cccc3ccccc23)c2nc(C=CP(=O)(O)O)ccc2c1. The van der Waals surface area contributed by atoms with Crippen molar-refractivity contribution >= 4 is 41.0 Å². The summed E-state index contributed by atoms with van der Waals surface area (Å²) in [7, 11) is -4.24. The second kappa shape index (κ2) is 6.63. The van der Waals surface area contributed by atoms with Crippen LogP contribution in [-0.2, 0) is 4.57 Å². The Labute approximate surface area is 156 Å². The summed E-state index contributed by atoms with van der Waals surface area (Å²) in [6, 6.07) is 21.4. The Balaban J connectivity index is 1.99. The summed E-state index contributed by atoms with van der Waals surface area (Å²) >= 11 is 0. The molecule has 0 unspecified atom stereocenters. The van der Waals surface area contributed by atoms with Gasteiger partial charge in [-0.3, -0.25) is 4.57 Å². The smallest absolute Gasteiger partial charge is 0.349 e. The van der Waals surface area contributed by atoms with Crippen LogP contribution >= 0.6 is 7.60 Å². The van der Waals surface area contributed by atoms with Crippen LogP contribution in [0.2, 0.25) is 0 Å². The van der Waals surface area contributed by atoms with E-state index in [1.54, 1.807) is 6.07 Å². The predicted molar refractivity (Wildman–Crippen MR) is 110 cm³/mol. The van der Waals surface area contributed by atoms with E-state index in [-0.39, 0.29) is 0 Å². The van der Waals surface area contributed by atoms with Crippen LogP contribution in [0, 0.1) is 0 Å². The first-order valence-electron chi connectivity index (χ1n) is 8.34. The zero-order valence-electron chi connectivity index (χ0n) is 14.3. The van der Waals surface area contributed by atoms with Crippen LogP contribution in [0.15, 0.2) is 72.5 Å². The molecule has 0 atom stereocenters. The molecule has 0 spiro atoms. The predicted octanol–water partition coefficient (Wildman–Crippen LogP) is 4.79. The molecule has 0 bridgehead atoms. The Morgan fingerprint density at radius 2 is 1.67 bits per heavy atom. The molecule has 4 N–H and O–H groups in total. The van der Waals surface area contributed by atoms with Crippen LogP contribution in [0.3, 0.4) is 0 Å². The first-order chi connectivity index (χ1) is 12.9. The van der Waals surface area contributed by atoms with Crippen molar-refractivity contribution in [2.45, 2.75) is 0 Å². The molecule has 4 rings (SSSR count). The molecule has 5 nitrogen and oxygen atoms in total. The maximum atomic E-state index is 11.1. The molecule has 0 aliphatic heterocycles. The summed E-state index contributed by atoms with van der Waals surface area (Å²) < 4.78 is 11.1. The standard InChI is InChI=1S/C21H17N2O3P/c22-16-12-15-8-9-17(10-11-27(24,25)26)23-21(15)20(13-16)19-7-3-5-14-4-1-2-6-18(14)19/h1-13H,22H2,(H2,24,25,26). The fourth-order valence-corrected chi connectivity index (χ4v) is 3.55. The van der Waals surface area contributed by atoms with Crippen LogP contribution in [-0.4, -0.2) is 14.8 Å². The molecule has 4 aromatic rings. The Morgan fingerprint density at radius 3 is 2.48 bits per heavy atom. The summed E-state index contributed by atoms with van der Waals surface area (Å²) in [5.74, 6) is 0.857. The number of benzene rings is 3.